The van der Waals surface area contributed by atoms with Crippen LogP contribution in [0.2, 0.25) is 0 Å². The summed E-state index contributed by atoms with van der Waals surface area (Å²) in [5.41, 5.74) is 0.946. The molecular weight excluding hydrogens is 260 g/mol. The second-order valence-electron chi connectivity index (χ2n) is 5.63. The maximum Gasteiger partial charge on any atom is 0.240 e. The van der Waals surface area contributed by atoms with Gasteiger partial charge in [0.2, 0.25) is 10.0 Å². The molecule has 0 aromatic heterocycles. The Morgan fingerprint density at radius 1 is 1.26 bits per heavy atom. The van der Waals surface area contributed by atoms with Crippen LogP contribution in [0.1, 0.15) is 31.7 Å². The molecule has 1 aromatic carbocycles. The van der Waals surface area contributed by atoms with Crippen LogP contribution in [0.5, 0.6) is 0 Å². The molecule has 1 aliphatic carbocycles. The van der Waals surface area contributed by atoms with Crippen molar-refractivity contribution in [2.24, 2.45) is 5.41 Å². The normalized spacial score (nSPS) is 18.0. The Morgan fingerprint density at radius 2 is 1.95 bits per heavy atom. The number of benzene rings is 1. The summed E-state index contributed by atoms with van der Waals surface area (Å²) in [6.07, 6.45) is 3.41. The fourth-order valence-corrected chi connectivity index (χ4v) is 3.84. The Balaban J connectivity index is 2.14. The zero-order chi connectivity index (χ0) is 13.9. The molecule has 0 radical (unpaired) electrons. The van der Waals surface area contributed by atoms with Gasteiger partial charge in [0, 0.05) is 13.1 Å². The zero-order valence-corrected chi connectivity index (χ0v) is 12.4. The van der Waals surface area contributed by atoms with Gasteiger partial charge in [-0.1, -0.05) is 31.5 Å². The Bertz CT molecular complexity index is 536. The molecule has 0 amide bonds. The highest BCUT2D eigenvalue weighted by molar-refractivity contribution is 7.89. The standard InChI is InChI=1S/C14H22N2O2S/c1-14(8-5-9-14)11-16-19(17,18)13-7-4-3-6-12(13)10-15-2/h3-4,6-7,15-16H,5,8-11H2,1-2H3. The summed E-state index contributed by atoms with van der Waals surface area (Å²) in [6.45, 7) is 3.22. The summed E-state index contributed by atoms with van der Waals surface area (Å²) in [5, 5.41) is 3.00. The maximum absolute atomic E-state index is 12.4. The third-order valence-electron chi connectivity index (χ3n) is 3.88. The Labute approximate surface area is 115 Å². The smallest absolute Gasteiger partial charge is 0.240 e. The molecule has 4 nitrogen and oxygen atoms in total. The van der Waals surface area contributed by atoms with Crippen molar-refractivity contribution in [2.45, 2.75) is 37.6 Å². The van der Waals surface area contributed by atoms with E-state index in [0.717, 1.165) is 18.4 Å². The molecule has 0 unspecified atom stereocenters. The molecule has 0 aliphatic heterocycles. The zero-order valence-electron chi connectivity index (χ0n) is 11.6. The van der Waals surface area contributed by atoms with E-state index >= 15 is 0 Å². The van der Waals surface area contributed by atoms with Gasteiger partial charge in [0.25, 0.3) is 0 Å². The predicted molar refractivity (Wildman–Crippen MR) is 76.4 cm³/mol. The molecule has 106 valence electrons. The van der Waals surface area contributed by atoms with Gasteiger partial charge in [0.15, 0.2) is 0 Å². The first-order chi connectivity index (χ1) is 8.97. The number of hydrogen-bond donors (Lipinski definition) is 2. The lowest BCUT2D eigenvalue weighted by Gasteiger charge is -2.38. The molecule has 0 saturated heterocycles. The van der Waals surface area contributed by atoms with E-state index in [1.165, 1.54) is 6.42 Å². The topological polar surface area (TPSA) is 58.2 Å². The van der Waals surface area contributed by atoms with E-state index in [1.54, 1.807) is 12.1 Å². The van der Waals surface area contributed by atoms with Gasteiger partial charge in [-0.25, -0.2) is 13.1 Å². The van der Waals surface area contributed by atoms with E-state index in [1.807, 2.05) is 19.2 Å². The van der Waals surface area contributed by atoms with Crippen molar-refractivity contribution in [3.05, 3.63) is 29.8 Å². The van der Waals surface area contributed by atoms with Crippen molar-refractivity contribution in [1.82, 2.24) is 10.0 Å². The first kappa shape index (κ1) is 14.5. The number of sulfonamides is 1. The predicted octanol–water partition coefficient (Wildman–Crippen LogP) is 1.87. The molecule has 19 heavy (non-hydrogen) atoms. The molecule has 2 rings (SSSR count). The largest absolute Gasteiger partial charge is 0.316 e. The molecule has 1 aliphatic rings. The first-order valence-electron chi connectivity index (χ1n) is 6.69. The maximum atomic E-state index is 12.4. The molecular formula is C14H22N2O2S. The summed E-state index contributed by atoms with van der Waals surface area (Å²) in [5.74, 6) is 0. The van der Waals surface area contributed by atoms with Crippen LogP contribution in [0.3, 0.4) is 0 Å². The molecule has 0 spiro atoms. The van der Waals surface area contributed by atoms with Crippen molar-refractivity contribution in [3.63, 3.8) is 0 Å². The summed E-state index contributed by atoms with van der Waals surface area (Å²) >= 11 is 0. The Hall–Kier alpha value is -0.910. The summed E-state index contributed by atoms with van der Waals surface area (Å²) in [4.78, 5) is 0.382. The van der Waals surface area contributed by atoms with Gasteiger partial charge < -0.3 is 5.32 Å². The van der Waals surface area contributed by atoms with Crippen LogP contribution in [-0.2, 0) is 16.6 Å². The van der Waals surface area contributed by atoms with Crippen LogP contribution in [0.25, 0.3) is 0 Å². The Morgan fingerprint density at radius 3 is 2.53 bits per heavy atom. The monoisotopic (exact) mass is 282 g/mol. The fourth-order valence-electron chi connectivity index (χ4n) is 2.41. The van der Waals surface area contributed by atoms with E-state index in [9.17, 15) is 8.42 Å². The summed E-state index contributed by atoms with van der Waals surface area (Å²) in [6, 6.07) is 7.13. The van der Waals surface area contributed by atoms with Crippen molar-refractivity contribution >= 4 is 10.0 Å². The van der Waals surface area contributed by atoms with Crippen LogP contribution >= 0.6 is 0 Å². The average molecular weight is 282 g/mol. The highest BCUT2D eigenvalue weighted by atomic mass is 32.2. The highest BCUT2D eigenvalue weighted by Gasteiger charge is 2.33. The van der Waals surface area contributed by atoms with Gasteiger partial charge in [0.1, 0.15) is 0 Å². The molecule has 2 N–H and O–H groups in total. The first-order valence-corrected chi connectivity index (χ1v) is 8.17. The van der Waals surface area contributed by atoms with Crippen molar-refractivity contribution in [1.29, 1.82) is 0 Å². The fraction of sp³-hybridized carbons (Fsp3) is 0.571. The van der Waals surface area contributed by atoms with E-state index in [-0.39, 0.29) is 5.41 Å². The van der Waals surface area contributed by atoms with Gasteiger partial charge in [-0.15, -0.1) is 0 Å². The van der Waals surface area contributed by atoms with Crippen LogP contribution in [0, 0.1) is 5.41 Å². The van der Waals surface area contributed by atoms with Crippen molar-refractivity contribution in [3.8, 4) is 0 Å². The third kappa shape index (κ3) is 3.35. The van der Waals surface area contributed by atoms with Crippen LogP contribution in [-0.4, -0.2) is 22.0 Å². The van der Waals surface area contributed by atoms with E-state index < -0.39 is 10.0 Å². The number of hydrogen-bond acceptors (Lipinski definition) is 3. The minimum Gasteiger partial charge on any atom is -0.316 e. The van der Waals surface area contributed by atoms with E-state index in [2.05, 4.69) is 17.0 Å². The van der Waals surface area contributed by atoms with E-state index in [4.69, 9.17) is 0 Å². The van der Waals surface area contributed by atoms with Gasteiger partial charge >= 0.3 is 0 Å². The summed E-state index contributed by atoms with van der Waals surface area (Å²) < 4.78 is 27.5. The quantitative estimate of drug-likeness (QED) is 0.837. The lowest BCUT2D eigenvalue weighted by molar-refractivity contribution is 0.166. The van der Waals surface area contributed by atoms with E-state index in [0.29, 0.717) is 18.0 Å². The number of nitrogens with one attached hydrogen (secondary N) is 2. The van der Waals surface area contributed by atoms with Crippen molar-refractivity contribution < 1.29 is 8.42 Å². The third-order valence-corrected chi connectivity index (χ3v) is 5.38. The van der Waals surface area contributed by atoms with Crippen LogP contribution in [0.15, 0.2) is 29.2 Å². The second-order valence-corrected chi connectivity index (χ2v) is 7.36. The van der Waals surface area contributed by atoms with Crippen LogP contribution in [0.4, 0.5) is 0 Å². The molecule has 0 bridgehead atoms. The summed E-state index contributed by atoms with van der Waals surface area (Å²) in [7, 11) is -1.60. The van der Waals surface area contributed by atoms with Gasteiger partial charge in [0.05, 0.1) is 4.90 Å². The molecule has 0 atom stereocenters. The minimum absolute atomic E-state index is 0.144. The molecule has 1 saturated carbocycles. The lowest BCUT2D eigenvalue weighted by atomic mass is 9.71. The average Bonchev–Trinajstić information content (AvgIpc) is 2.35. The van der Waals surface area contributed by atoms with Gasteiger partial charge in [-0.2, -0.15) is 0 Å². The molecule has 0 heterocycles. The molecule has 5 heteroatoms. The number of rotatable bonds is 6. The highest BCUT2D eigenvalue weighted by Crippen LogP contribution is 2.39. The minimum atomic E-state index is -3.41. The lowest BCUT2D eigenvalue weighted by Crippen LogP contribution is -2.40. The second kappa shape index (κ2) is 5.61. The molecule has 1 aromatic rings. The molecule has 1 fully saturated rings. The Kier molecular flexibility index (Phi) is 4.28. The SMILES string of the molecule is CNCc1ccccc1S(=O)(=O)NCC1(C)CCC1. The van der Waals surface area contributed by atoms with Crippen LogP contribution < -0.4 is 10.0 Å². The van der Waals surface area contributed by atoms with Gasteiger partial charge in [-0.05, 0) is 36.9 Å². The van der Waals surface area contributed by atoms with Gasteiger partial charge in [-0.3, -0.25) is 0 Å². The van der Waals surface area contributed by atoms with Crippen molar-refractivity contribution in [2.75, 3.05) is 13.6 Å².